The summed E-state index contributed by atoms with van der Waals surface area (Å²) in [5, 5.41) is 0. The molecule has 102 valence electrons. The molecule has 0 saturated carbocycles. The fourth-order valence-electron chi connectivity index (χ4n) is 0.612. The fraction of sp³-hybridized carbons (Fsp3) is 0.765. The van der Waals surface area contributed by atoms with Gasteiger partial charge in [0, 0.05) is 5.92 Å². The Hall–Kier alpha value is -0.880. The van der Waals surface area contributed by atoms with Crippen LogP contribution in [-0.2, 0) is 0 Å². The van der Waals surface area contributed by atoms with E-state index >= 15 is 0 Å². The standard InChI is InChI=1S/C8H18.C5H8.C2H6.C2H2/c1-6-7(2)8(3,4)5;1-4-5(2)3;2*1-2/h7H,6H2,1-5H3;1,5H,2-3H3;1-2H3;1-2H. The van der Waals surface area contributed by atoms with E-state index in [-0.39, 0.29) is 0 Å². The minimum atomic E-state index is 0.412. The van der Waals surface area contributed by atoms with E-state index in [9.17, 15) is 0 Å². The van der Waals surface area contributed by atoms with Crippen molar-refractivity contribution in [3.05, 3.63) is 0 Å². The van der Waals surface area contributed by atoms with Crippen LogP contribution in [0.15, 0.2) is 0 Å². The van der Waals surface area contributed by atoms with Gasteiger partial charge in [0.05, 0.1) is 0 Å². The molecule has 0 aliphatic carbocycles. The van der Waals surface area contributed by atoms with Gasteiger partial charge in [-0.1, -0.05) is 68.7 Å². The molecule has 0 spiro atoms. The van der Waals surface area contributed by atoms with Gasteiger partial charge in [-0.25, -0.2) is 0 Å². The van der Waals surface area contributed by atoms with Crippen molar-refractivity contribution in [2.24, 2.45) is 17.3 Å². The Morgan fingerprint density at radius 2 is 1.24 bits per heavy atom. The molecule has 0 aromatic carbocycles. The maximum atomic E-state index is 4.92. The van der Waals surface area contributed by atoms with Crippen LogP contribution in [0.3, 0.4) is 0 Å². The molecule has 0 saturated heterocycles. The zero-order valence-corrected chi connectivity index (χ0v) is 13.6. The average Bonchev–Trinajstić information content (AvgIpc) is 2.32. The molecule has 0 rings (SSSR count). The summed E-state index contributed by atoms with van der Waals surface area (Å²) in [6.45, 7) is 19.4. The molecule has 0 aromatic rings. The Balaban J connectivity index is -0.0000000809. The first-order chi connectivity index (χ1) is 7.75. The van der Waals surface area contributed by atoms with Crippen LogP contribution in [0.5, 0.6) is 0 Å². The first kappa shape index (κ1) is 25.1. The quantitative estimate of drug-likeness (QED) is 0.519. The summed E-state index contributed by atoms with van der Waals surface area (Å²) < 4.78 is 0. The SMILES string of the molecule is C#C.C#CC(C)C.CC.CCC(C)C(C)(C)C. The average molecular weight is 238 g/mol. The number of hydrogen-bond donors (Lipinski definition) is 0. The van der Waals surface area contributed by atoms with Gasteiger partial charge in [0.25, 0.3) is 0 Å². The van der Waals surface area contributed by atoms with Gasteiger partial charge in [-0.15, -0.1) is 25.2 Å². The van der Waals surface area contributed by atoms with E-state index in [1.54, 1.807) is 0 Å². The van der Waals surface area contributed by atoms with Crippen molar-refractivity contribution in [1.29, 1.82) is 0 Å². The first-order valence-electron chi connectivity index (χ1n) is 6.55. The van der Waals surface area contributed by atoms with Crippen LogP contribution in [-0.4, -0.2) is 0 Å². The summed E-state index contributed by atoms with van der Waals surface area (Å²) in [4.78, 5) is 0. The Morgan fingerprint density at radius 3 is 1.24 bits per heavy atom. The van der Waals surface area contributed by atoms with E-state index in [1.807, 2.05) is 27.7 Å². The minimum Gasteiger partial charge on any atom is -0.124 e. The van der Waals surface area contributed by atoms with Crippen LogP contribution in [0.25, 0.3) is 0 Å². The molecular weight excluding hydrogens is 204 g/mol. The van der Waals surface area contributed by atoms with Crippen LogP contribution >= 0.6 is 0 Å². The van der Waals surface area contributed by atoms with Crippen LogP contribution < -0.4 is 0 Å². The summed E-state index contributed by atoms with van der Waals surface area (Å²) >= 11 is 0. The highest BCUT2D eigenvalue weighted by molar-refractivity contribution is 4.86. The monoisotopic (exact) mass is 238 g/mol. The van der Waals surface area contributed by atoms with Crippen molar-refractivity contribution in [3.63, 3.8) is 0 Å². The van der Waals surface area contributed by atoms with E-state index in [0.29, 0.717) is 11.3 Å². The van der Waals surface area contributed by atoms with E-state index in [1.165, 1.54) is 6.42 Å². The van der Waals surface area contributed by atoms with E-state index in [2.05, 4.69) is 53.4 Å². The van der Waals surface area contributed by atoms with Crippen LogP contribution in [0.1, 0.15) is 68.7 Å². The van der Waals surface area contributed by atoms with Crippen molar-refractivity contribution >= 4 is 0 Å². The van der Waals surface area contributed by atoms with E-state index in [4.69, 9.17) is 6.42 Å². The third-order valence-electron chi connectivity index (χ3n) is 2.42. The molecule has 0 aliphatic rings. The molecule has 0 heteroatoms. The molecule has 0 fully saturated rings. The normalized spacial score (nSPS) is 10.3. The highest BCUT2D eigenvalue weighted by Crippen LogP contribution is 2.27. The maximum Gasteiger partial charge on any atom is 0.0143 e. The van der Waals surface area contributed by atoms with Gasteiger partial charge in [0.15, 0.2) is 0 Å². The zero-order chi connectivity index (χ0) is 15.1. The predicted molar refractivity (Wildman–Crippen MR) is 83.8 cm³/mol. The van der Waals surface area contributed by atoms with Crippen molar-refractivity contribution in [2.75, 3.05) is 0 Å². The summed E-state index contributed by atoms with van der Waals surface area (Å²) in [6, 6.07) is 0. The van der Waals surface area contributed by atoms with Crippen LogP contribution in [0.2, 0.25) is 0 Å². The highest BCUT2D eigenvalue weighted by atomic mass is 14.2. The molecule has 0 heterocycles. The predicted octanol–water partition coefficient (Wildman–Crippen LogP) is 5.63. The van der Waals surface area contributed by atoms with Crippen molar-refractivity contribution < 1.29 is 0 Å². The third-order valence-corrected chi connectivity index (χ3v) is 2.42. The van der Waals surface area contributed by atoms with Gasteiger partial charge < -0.3 is 0 Å². The molecule has 0 N–H and O–H groups in total. The molecule has 0 amide bonds. The molecule has 0 radical (unpaired) electrons. The second kappa shape index (κ2) is 17.5. The van der Waals surface area contributed by atoms with Gasteiger partial charge in [0.1, 0.15) is 0 Å². The number of rotatable bonds is 1. The zero-order valence-electron chi connectivity index (χ0n) is 13.6. The van der Waals surface area contributed by atoms with Gasteiger partial charge in [-0.2, -0.15) is 0 Å². The Bertz CT molecular complexity index is 170. The van der Waals surface area contributed by atoms with Crippen molar-refractivity contribution in [3.8, 4) is 25.2 Å². The lowest BCUT2D eigenvalue weighted by Gasteiger charge is -2.25. The maximum absolute atomic E-state index is 4.92. The Labute approximate surface area is 112 Å². The largest absolute Gasteiger partial charge is 0.124 e. The summed E-state index contributed by atoms with van der Waals surface area (Å²) in [7, 11) is 0. The van der Waals surface area contributed by atoms with E-state index in [0.717, 1.165) is 5.92 Å². The second-order valence-electron chi connectivity index (χ2n) is 5.00. The lowest BCUT2D eigenvalue weighted by Crippen LogP contribution is -2.15. The Morgan fingerprint density at radius 1 is 1.00 bits per heavy atom. The molecule has 17 heavy (non-hydrogen) atoms. The number of terminal acetylenes is 2. The van der Waals surface area contributed by atoms with E-state index < -0.39 is 0 Å². The van der Waals surface area contributed by atoms with Gasteiger partial charge >= 0.3 is 0 Å². The topological polar surface area (TPSA) is 0 Å². The number of hydrogen-bond acceptors (Lipinski definition) is 0. The molecule has 1 unspecified atom stereocenters. The first-order valence-corrected chi connectivity index (χ1v) is 6.55. The summed E-state index contributed by atoms with van der Waals surface area (Å²) in [5.74, 6) is 3.79. The molecular formula is C17H34. The van der Waals surface area contributed by atoms with Gasteiger partial charge in [0.2, 0.25) is 0 Å². The molecule has 0 aromatic heterocycles. The smallest absolute Gasteiger partial charge is 0.0143 e. The Kier molecular flexibility index (Phi) is 25.8. The lowest BCUT2D eigenvalue weighted by molar-refractivity contribution is 0.254. The summed E-state index contributed by atoms with van der Waals surface area (Å²) in [5.41, 5.74) is 0.509. The molecule has 0 nitrogen and oxygen atoms in total. The van der Waals surface area contributed by atoms with Crippen molar-refractivity contribution in [1.82, 2.24) is 0 Å². The lowest BCUT2D eigenvalue weighted by atomic mass is 9.81. The van der Waals surface area contributed by atoms with Crippen LogP contribution in [0.4, 0.5) is 0 Å². The second-order valence-corrected chi connectivity index (χ2v) is 5.00. The highest BCUT2D eigenvalue weighted by Gasteiger charge is 2.16. The summed E-state index contributed by atoms with van der Waals surface area (Å²) in [6.07, 6.45) is 14.2. The van der Waals surface area contributed by atoms with Gasteiger partial charge in [-0.05, 0) is 11.3 Å². The van der Waals surface area contributed by atoms with Crippen LogP contribution in [0, 0.1) is 42.4 Å². The minimum absolute atomic E-state index is 0.412. The third kappa shape index (κ3) is 31.3. The molecule has 1 atom stereocenters. The molecule has 0 aliphatic heterocycles. The molecule has 0 bridgehead atoms. The van der Waals surface area contributed by atoms with Crippen molar-refractivity contribution in [2.45, 2.75) is 68.7 Å². The fourth-order valence-corrected chi connectivity index (χ4v) is 0.612. The van der Waals surface area contributed by atoms with Gasteiger partial charge in [-0.3, -0.25) is 0 Å².